The Hall–Kier alpha value is -1.40. The van der Waals surface area contributed by atoms with E-state index in [1.54, 1.807) is 29.6 Å². The van der Waals surface area contributed by atoms with Crippen LogP contribution in [0, 0.1) is 0 Å². The standard InChI is InChI=1S/C13H5Cl3N2O2S/c14-7-3-1-6(2-4-7)8-5-21-13(17-8)18-11(19)9(15)10(16)12(18)20/h1-5H. The van der Waals surface area contributed by atoms with Crippen molar-refractivity contribution in [1.29, 1.82) is 0 Å². The minimum Gasteiger partial charge on any atom is -0.267 e. The second-order valence-corrected chi connectivity index (χ2v) is 6.12. The summed E-state index contributed by atoms with van der Waals surface area (Å²) in [7, 11) is 0. The summed E-state index contributed by atoms with van der Waals surface area (Å²) in [6.45, 7) is 0. The van der Waals surface area contributed by atoms with Gasteiger partial charge < -0.3 is 0 Å². The minimum atomic E-state index is -0.663. The van der Waals surface area contributed by atoms with E-state index in [1.807, 2.05) is 0 Å². The summed E-state index contributed by atoms with van der Waals surface area (Å²) in [6.07, 6.45) is 0. The second-order valence-electron chi connectivity index (χ2n) is 4.10. The van der Waals surface area contributed by atoms with E-state index in [-0.39, 0.29) is 15.2 Å². The number of hydrogen-bond acceptors (Lipinski definition) is 4. The van der Waals surface area contributed by atoms with Gasteiger partial charge in [-0.05, 0) is 12.1 Å². The van der Waals surface area contributed by atoms with E-state index in [2.05, 4.69) is 4.98 Å². The Labute approximate surface area is 138 Å². The summed E-state index contributed by atoms with van der Waals surface area (Å²) in [4.78, 5) is 28.9. The number of carbonyl (C=O) groups excluding carboxylic acids is 2. The molecule has 1 aliphatic rings. The highest BCUT2D eigenvalue weighted by atomic mass is 35.5. The zero-order chi connectivity index (χ0) is 15.1. The largest absolute Gasteiger partial charge is 0.280 e. The predicted octanol–water partition coefficient (Wildman–Crippen LogP) is 4.03. The van der Waals surface area contributed by atoms with Gasteiger partial charge in [0.2, 0.25) is 0 Å². The molecule has 3 rings (SSSR count). The van der Waals surface area contributed by atoms with Crippen molar-refractivity contribution in [3.05, 3.63) is 44.7 Å². The number of thiazole rings is 1. The maximum absolute atomic E-state index is 11.9. The Balaban J connectivity index is 1.95. The van der Waals surface area contributed by atoms with Crippen LogP contribution in [0.5, 0.6) is 0 Å². The molecule has 0 unspecified atom stereocenters. The van der Waals surface area contributed by atoms with E-state index in [0.29, 0.717) is 10.7 Å². The lowest BCUT2D eigenvalue weighted by Gasteiger charge is -2.09. The van der Waals surface area contributed by atoms with E-state index in [0.717, 1.165) is 21.8 Å². The molecule has 0 fully saturated rings. The number of carbonyl (C=O) groups is 2. The third kappa shape index (κ3) is 2.46. The molecule has 0 spiro atoms. The number of imide groups is 1. The average Bonchev–Trinajstić information content (AvgIpc) is 3.01. The molecule has 1 aromatic heterocycles. The summed E-state index contributed by atoms with van der Waals surface area (Å²) in [5.74, 6) is -1.33. The van der Waals surface area contributed by atoms with Gasteiger partial charge in [0.05, 0.1) is 5.69 Å². The van der Waals surface area contributed by atoms with Crippen LogP contribution in [0.3, 0.4) is 0 Å². The van der Waals surface area contributed by atoms with Crippen LogP contribution in [-0.4, -0.2) is 16.8 Å². The number of hydrogen-bond donors (Lipinski definition) is 0. The zero-order valence-corrected chi connectivity index (χ0v) is 13.2. The van der Waals surface area contributed by atoms with Crippen molar-refractivity contribution in [3.8, 4) is 11.3 Å². The van der Waals surface area contributed by atoms with Gasteiger partial charge in [0.1, 0.15) is 10.1 Å². The molecule has 2 heterocycles. The smallest absolute Gasteiger partial charge is 0.267 e. The van der Waals surface area contributed by atoms with E-state index in [4.69, 9.17) is 34.8 Å². The Kier molecular flexibility index (Phi) is 3.75. The number of amides is 2. The fourth-order valence-electron chi connectivity index (χ4n) is 1.77. The first-order valence-corrected chi connectivity index (χ1v) is 7.66. The Morgan fingerprint density at radius 2 is 1.52 bits per heavy atom. The highest BCUT2D eigenvalue weighted by Gasteiger charge is 2.39. The number of rotatable bonds is 2. The van der Waals surface area contributed by atoms with Gasteiger partial charge in [-0.25, -0.2) is 9.88 Å². The van der Waals surface area contributed by atoms with Crippen molar-refractivity contribution in [2.45, 2.75) is 0 Å². The molecule has 1 aromatic carbocycles. The highest BCUT2D eigenvalue weighted by molar-refractivity contribution is 7.14. The lowest BCUT2D eigenvalue weighted by atomic mass is 10.2. The molecule has 21 heavy (non-hydrogen) atoms. The van der Waals surface area contributed by atoms with Gasteiger partial charge >= 0.3 is 0 Å². The van der Waals surface area contributed by atoms with Gasteiger partial charge in [-0.2, -0.15) is 0 Å². The third-order valence-electron chi connectivity index (χ3n) is 2.80. The van der Waals surface area contributed by atoms with Crippen molar-refractivity contribution in [2.24, 2.45) is 0 Å². The predicted molar refractivity (Wildman–Crippen MR) is 83.8 cm³/mol. The van der Waals surface area contributed by atoms with E-state index >= 15 is 0 Å². The maximum atomic E-state index is 11.9. The number of anilines is 1. The first kappa shape index (κ1) is 14.5. The van der Waals surface area contributed by atoms with Crippen molar-refractivity contribution in [3.63, 3.8) is 0 Å². The van der Waals surface area contributed by atoms with Gasteiger partial charge in [-0.3, -0.25) is 9.59 Å². The minimum absolute atomic E-state index is 0.226. The molecular weight excluding hydrogens is 355 g/mol. The van der Waals surface area contributed by atoms with Crippen LogP contribution in [0.15, 0.2) is 39.7 Å². The Morgan fingerprint density at radius 1 is 0.952 bits per heavy atom. The summed E-state index contributed by atoms with van der Waals surface area (Å²) in [6, 6.07) is 7.06. The summed E-state index contributed by atoms with van der Waals surface area (Å²) in [5.41, 5.74) is 1.46. The van der Waals surface area contributed by atoms with Gasteiger partial charge in [-0.15, -0.1) is 11.3 Å². The normalized spacial score (nSPS) is 15.3. The average molecular weight is 360 g/mol. The number of benzene rings is 1. The van der Waals surface area contributed by atoms with Crippen LogP contribution in [0.4, 0.5) is 5.13 Å². The summed E-state index contributed by atoms with van der Waals surface area (Å²) in [5, 5.41) is 2.00. The third-order valence-corrected chi connectivity index (χ3v) is 4.67. The van der Waals surface area contributed by atoms with Crippen LogP contribution in [0.1, 0.15) is 0 Å². The first-order valence-electron chi connectivity index (χ1n) is 5.64. The second kappa shape index (κ2) is 5.42. The van der Waals surface area contributed by atoms with Crippen LogP contribution < -0.4 is 4.90 Å². The van der Waals surface area contributed by atoms with Crippen LogP contribution >= 0.6 is 46.1 Å². The molecule has 4 nitrogen and oxygen atoms in total. The van der Waals surface area contributed by atoms with E-state index < -0.39 is 11.8 Å². The molecule has 106 valence electrons. The fourth-order valence-corrected chi connectivity index (χ4v) is 3.06. The summed E-state index contributed by atoms with van der Waals surface area (Å²) >= 11 is 18.4. The van der Waals surface area contributed by atoms with Crippen LogP contribution in [0.2, 0.25) is 5.02 Å². The topological polar surface area (TPSA) is 50.3 Å². The lowest BCUT2D eigenvalue weighted by molar-refractivity contribution is -0.120. The molecule has 0 aliphatic carbocycles. The highest BCUT2D eigenvalue weighted by Crippen LogP contribution is 2.34. The molecule has 8 heteroatoms. The number of aromatic nitrogens is 1. The number of nitrogens with zero attached hydrogens (tertiary/aromatic N) is 2. The summed E-state index contributed by atoms with van der Waals surface area (Å²) < 4.78 is 0. The molecule has 0 N–H and O–H groups in total. The molecule has 0 radical (unpaired) electrons. The lowest BCUT2D eigenvalue weighted by Crippen LogP contribution is -2.30. The monoisotopic (exact) mass is 358 g/mol. The van der Waals surface area contributed by atoms with Crippen LogP contribution in [-0.2, 0) is 9.59 Å². The first-order chi connectivity index (χ1) is 9.99. The molecule has 0 saturated carbocycles. The number of halogens is 3. The van der Waals surface area contributed by atoms with E-state index in [9.17, 15) is 9.59 Å². The van der Waals surface area contributed by atoms with Gasteiger partial charge in [0.15, 0.2) is 5.13 Å². The van der Waals surface area contributed by atoms with Crippen molar-refractivity contribution >= 4 is 63.1 Å². The molecule has 0 atom stereocenters. The fraction of sp³-hybridized carbons (Fsp3) is 0. The van der Waals surface area contributed by atoms with Gasteiger partial charge in [0.25, 0.3) is 11.8 Å². The quantitative estimate of drug-likeness (QED) is 0.761. The molecule has 1 aliphatic heterocycles. The Bertz CT molecular complexity index is 759. The van der Waals surface area contributed by atoms with Crippen molar-refractivity contribution < 1.29 is 9.59 Å². The van der Waals surface area contributed by atoms with E-state index in [1.165, 1.54) is 0 Å². The molecule has 0 bridgehead atoms. The zero-order valence-electron chi connectivity index (χ0n) is 10.1. The van der Waals surface area contributed by atoms with Gasteiger partial charge in [0, 0.05) is 16.0 Å². The molecule has 0 saturated heterocycles. The van der Waals surface area contributed by atoms with Crippen molar-refractivity contribution in [1.82, 2.24) is 4.98 Å². The molecule has 2 amide bonds. The van der Waals surface area contributed by atoms with Gasteiger partial charge in [-0.1, -0.05) is 46.9 Å². The molecular formula is C13H5Cl3N2O2S. The SMILES string of the molecule is O=C1C(Cl)=C(Cl)C(=O)N1c1nc(-c2ccc(Cl)cc2)cs1. The van der Waals surface area contributed by atoms with Crippen molar-refractivity contribution in [2.75, 3.05) is 4.90 Å². The molecule has 2 aromatic rings. The van der Waals surface area contributed by atoms with Crippen LogP contribution in [0.25, 0.3) is 11.3 Å². The maximum Gasteiger partial charge on any atom is 0.280 e. The Morgan fingerprint density at radius 3 is 2.10 bits per heavy atom.